The summed E-state index contributed by atoms with van der Waals surface area (Å²) in [5.41, 5.74) is 2.60. The van der Waals surface area contributed by atoms with E-state index in [0.29, 0.717) is 41.2 Å². The average Bonchev–Trinajstić information content (AvgIpc) is 3.92. The van der Waals surface area contributed by atoms with E-state index >= 15 is 17.6 Å². The second kappa shape index (κ2) is 16.7. The number of hydrogen-bond acceptors (Lipinski definition) is 11. The number of aromatic nitrogens is 4. The van der Waals surface area contributed by atoms with Gasteiger partial charge in [-0.3, -0.25) is 34.5 Å². The first kappa shape index (κ1) is 44.5. The van der Waals surface area contributed by atoms with Crippen LogP contribution in [-0.2, 0) is 22.5 Å². The predicted octanol–water partition coefficient (Wildman–Crippen LogP) is 6.10. The van der Waals surface area contributed by atoms with Crippen LogP contribution in [0.3, 0.4) is 0 Å². The van der Waals surface area contributed by atoms with Gasteiger partial charge < -0.3 is 25.2 Å². The zero-order chi connectivity index (χ0) is 47.1. The van der Waals surface area contributed by atoms with Gasteiger partial charge in [-0.15, -0.1) is 5.10 Å². The molecule has 21 heteroatoms. The van der Waals surface area contributed by atoms with Gasteiger partial charge >= 0.3 is 6.03 Å². The number of piperidine rings is 1. The number of rotatable bonds is 10. The van der Waals surface area contributed by atoms with Crippen LogP contribution in [0.2, 0.25) is 5.02 Å². The van der Waals surface area contributed by atoms with Crippen molar-refractivity contribution in [3.8, 4) is 11.3 Å². The van der Waals surface area contributed by atoms with Gasteiger partial charge in [0.2, 0.25) is 5.91 Å². The molecule has 5 aromatic rings. The summed E-state index contributed by atoms with van der Waals surface area (Å²) in [7, 11) is 3.39. The Bertz CT molecular complexity index is 2890. The Balaban J connectivity index is 0.811. The minimum Gasteiger partial charge on any atom is -0.385 e. The van der Waals surface area contributed by atoms with E-state index in [2.05, 4.69) is 25.9 Å². The first-order chi connectivity index (χ1) is 32.1. The highest BCUT2D eigenvalue weighted by Gasteiger charge is 2.63. The molecule has 67 heavy (non-hydrogen) atoms. The maximum absolute atomic E-state index is 16.1. The van der Waals surface area contributed by atoms with Gasteiger partial charge in [-0.2, -0.15) is 0 Å². The van der Waals surface area contributed by atoms with E-state index in [1.165, 1.54) is 23.7 Å². The summed E-state index contributed by atoms with van der Waals surface area (Å²) in [5.74, 6) is -6.23. The highest BCUT2D eigenvalue weighted by Crippen LogP contribution is 2.51. The van der Waals surface area contributed by atoms with Crippen molar-refractivity contribution >= 4 is 63.9 Å². The third-order valence-electron chi connectivity index (χ3n) is 14.0. The van der Waals surface area contributed by atoms with Crippen LogP contribution in [0.4, 0.5) is 45.2 Å². The van der Waals surface area contributed by atoms with E-state index in [1.54, 1.807) is 25.3 Å². The number of alkyl halides is 2. The molecule has 7 heterocycles. The molecule has 4 fully saturated rings. The van der Waals surface area contributed by atoms with Crippen molar-refractivity contribution < 1.29 is 41.5 Å². The van der Waals surface area contributed by atoms with Crippen LogP contribution in [0.1, 0.15) is 63.2 Å². The lowest BCUT2D eigenvalue weighted by molar-refractivity contribution is -0.220. The fourth-order valence-corrected chi connectivity index (χ4v) is 10.3. The summed E-state index contributed by atoms with van der Waals surface area (Å²) in [4.78, 5) is 66.2. The van der Waals surface area contributed by atoms with Gasteiger partial charge in [0.05, 0.1) is 52.3 Å². The molecule has 1 spiro atoms. The lowest BCUT2D eigenvalue weighted by Crippen LogP contribution is -2.70. The number of ether oxygens (including phenoxy) is 1. The van der Waals surface area contributed by atoms with Crippen LogP contribution in [0.25, 0.3) is 16.9 Å². The number of imide groups is 1. The third kappa shape index (κ3) is 7.48. The summed E-state index contributed by atoms with van der Waals surface area (Å²) in [6.07, 6.45) is 5.15. The Morgan fingerprint density at radius 2 is 1.78 bits per heavy atom. The van der Waals surface area contributed by atoms with E-state index < -0.39 is 57.9 Å². The number of nitrogens with one attached hydrogen (secondary N) is 3. The quantitative estimate of drug-likeness (QED) is 0.138. The summed E-state index contributed by atoms with van der Waals surface area (Å²) >= 11 is 6.26. The van der Waals surface area contributed by atoms with E-state index in [0.717, 1.165) is 40.0 Å². The molecular formula is C46H46ClF4N11O5. The molecule has 0 bridgehead atoms. The van der Waals surface area contributed by atoms with E-state index in [4.69, 9.17) is 21.4 Å². The minimum absolute atomic E-state index is 0.0137. The monoisotopic (exact) mass is 943 g/mol. The van der Waals surface area contributed by atoms with Crippen molar-refractivity contribution in [1.82, 2.24) is 40.0 Å². The van der Waals surface area contributed by atoms with E-state index in [-0.39, 0.29) is 86.3 Å². The molecule has 1 saturated carbocycles. The number of benzene rings is 2. The van der Waals surface area contributed by atoms with Crippen molar-refractivity contribution in [2.75, 3.05) is 68.5 Å². The molecule has 3 aromatic heterocycles. The molecule has 3 N–H and O–H groups in total. The summed E-state index contributed by atoms with van der Waals surface area (Å²) in [6.45, 7) is 1.05. The van der Waals surface area contributed by atoms with Gasteiger partial charge in [-0.1, -0.05) is 23.7 Å². The van der Waals surface area contributed by atoms with Crippen LogP contribution in [0.15, 0.2) is 48.8 Å². The lowest BCUT2D eigenvalue weighted by Gasteiger charge is -2.57. The zero-order valence-corrected chi connectivity index (χ0v) is 37.5. The van der Waals surface area contributed by atoms with E-state index in [9.17, 15) is 19.2 Å². The number of halogens is 5. The molecule has 5 aliphatic rings. The third-order valence-corrected chi connectivity index (χ3v) is 14.5. The standard InChI is InChI=1S/C46H46ClF4N11O5/c1-24-33(61-13-10-37(63)56-44(61)66)16-28(39(49)38(24)47)43(65)59-14-11-45(46(50,51)23-59)21-58(22-45)20-25-15-29(48)40(53-18-25)27-5-4-6-32-26(27)9-12-60(32)36-17-31(52-2)41-54-19-34(62(41)57-36)42(64)55-30-7-8-35(30)67-3/h4-6,15-19,30,35,52H,7-14,20-23H2,1-3H3,(H,55,64)(H,56,63,66)/t30-,35-/m1/s1. The number of likely N-dealkylation sites (tertiary alicyclic amines) is 2. The molecule has 2 aromatic carbocycles. The van der Waals surface area contributed by atoms with Crippen molar-refractivity contribution in [1.29, 1.82) is 0 Å². The molecule has 4 aliphatic heterocycles. The van der Waals surface area contributed by atoms with Crippen molar-refractivity contribution in [3.63, 3.8) is 0 Å². The van der Waals surface area contributed by atoms with Crippen LogP contribution in [-0.4, -0.2) is 125 Å². The minimum atomic E-state index is -3.34. The SMILES string of the molecule is CNc1cc(N2CCc3c(-c4ncc(CN5CC6(CCN(C(=O)c7cc(N8CCC(=O)NC8=O)c(C)c(Cl)c7F)CC6(F)F)C5)cc4F)cccc32)nn2c(C(=O)N[C@@H]3CC[C@H]3OC)cnc12. The van der Waals surface area contributed by atoms with Crippen LogP contribution < -0.4 is 25.8 Å². The molecule has 2 atom stereocenters. The number of fused-ring (bicyclic) bond motifs is 2. The Kier molecular flexibility index (Phi) is 11.1. The number of imidazole rings is 1. The molecule has 1 aliphatic carbocycles. The number of amides is 5. The number of anilines is 4. The van der Waals surface area contributed by atoms with Gasteiger partial charge in [0.25, 0.3) is 17.7 Å². The van der Waals surface area contributed by atoms with Gasteiger partial charge in [-0.25, -0.2) is 31.9 Å². The fraction of sp³-hybridized carbons (Fsp3) is 0.413. The van der Waals surface area contributed by atoms with Gasteiger partial charge in [0.1, 0.15) is 11.5 Å². The summed E-state index contributed by atoms with van der Waals surface area (Å²) in [5, 5.41) is 12.8. The molecule has 10 rings (SSSR count). The summed E-state index contributed by atoms with van der Waals surface area (Å²) in [6, 6.07) is 9.04. The average molecular weight is 944 g/mol. The van der Waals surface area contributed by atoms with Crippen molar-refractivity contribution in [2.45, 2.75) is 63.6 Å². The Labute approximate surface area is 386 Å². The van der Waals surface area contributed by atoms with Crippen LogP contribution in [0, 0.1) is 24.0 Å². The predicted molar refractivity (Wildman–Crippen MR) is 239 cm³/mol. The Morgan fingerprint density at radius 1 is 0.985 bits per heavy atom. The van der Waals surface area contributed by atoms with Crippen molar-refractivity contribution in [2.24, 2.45) is 5.41 Å². The highest BCUT2D eigenvalue weighted by atomic mass is 35.5. The first-order valence-corrected chi connectivity index (χ1v) is 22.4. The van der Waals surface area contributed by atoms with Gasteiger partial charge in [0, 0.05) is 83.4 Å². The number of carbonyl (C=O) groups is 4. The smallest absolute Gasteiger partial charge is 0.328 e. The number of pyridine rings is 1. The number of methoxy groups -OCH3 is 1. The van der Waals surface area contributed by atoms with Crippen LogP contribution >= 0.6 is 11.6 Å². The second-order valence-corrected chi connectivity index (χ2v) is 18.3. The number of carbonyl (C=O) groups excluding carboxylic acids is 4. The maximum Gasteiger partial charge on any atom is 0.328 e. The Morgan fingerprint density at radius 3 is 2.48 bits per heavy atom. The van der Waals surface area contributed by atoms with Gasteiger partial charge in [-0.05, 0) is 67.5 Å². The lowest BCUT2D eigenvalue weighted by atomic mass is 9.69. The normalized spacial score (nSPS) is 21.0. The number of nitrogens with zero attached hydrogens (tertiary/aromatic N) is 8. The van der Waals surface area contributed by atoms with Gasteiger partial charge in [0.15, 0.2) is 23.0 Å². The second-order valence-electron chi connectivity index (χ2n) is 17.9. The summed E-state index contributed by atoms with van der Waals surface area (Å²) < 4.78 is 70.7. The zero-order valence-electron chi connectivity index (χ0n) is 36.8. The largest absolute Gasteiger partial charge is 0.385 e. The van der Waals surface area contributed by atoms with Crippen molar-refractivity contribution in [3.05, 3.63) is 93.4 Å². The molecule has 16 nitrogen and oxygen atoms in total. The van der Waals surface area contributed by atoms with E-state index in [1.807, 2.05) is 29.2 Å². The number of urea groups is 1. The molecular weight excluding hydrogens is 898 g/mol. The molecule has 350 valence electrons. The fourth-order valence-electron chi connectivity index (χ4n) is 10.1. The maximum atomic E-state index is 16.1. The Hall–Kier alpha value is -6.38. The topological polar surface area (TPSA) is 170 Å². The molecule has 0 radical (unpaired) electrons. The highest BCUT2D eigenvalue weighted by molar-refractivity contribution is 6.32. The molecule has 5 amide bonds. The van der Waals surface area contributed by atoms with Crippen LogP contribution in [0.5, 0.6) is 0 Å². The number of hydrogen-bond donors (Lipinski definition) is 3. The molecule has 3 saturated heterocycles. The first-order valence-electron chi connectivity index (χ1n) is 22.0. The molecule has 0 unspecified atom stereocenters.